The van der Waals surface area contributed by atoms with E-state index in [0.29, 0.717) is 11.3 Å². The zero-order valence-electron chi connectivity index (χ0n) is 18.8. The minimum atomic E-state index is -1.57. The molecule has 1 N–H and O–H groups in total. The van der Waals surface area contributed by atoms with E-state index in [9.17, 15) is 19.2 Å². The smallest absolute Gasteiger partial charge is 0.354 e. The van der Waals surface area contributed by atoms with E-state index in [1.165, 1.54) is 9.80 Å². The maximum Gasteiger partial charge on any atom is 0.354 e. The van der Waals surface area contributed by atoms with E-state index in [-0.39, 0.29) is 49.1 Å². The van der Waals surface area contributed by atoms with Gasteiger partial charge in [-0.1, -0.05) is 39.8 Å². The average molecular weight is 430 g/mol. The molecule has 1 aromatic carbocycles. The van der Waals surface area contributed by atoms with E-state index >= 15 is 0 Å². The van der Waals surface area contributed by atoms with Gasteiger partial charge >= 0.3 is 5.97 Å². The van der Waals surface area contributed by atoms with Crippen LogP contribution in [0.4, 0.5) is 5.69 Å². The highest BCUT2D eigenvalue weighted by atomic mass is 16.5. The largest absolute Gasteiger partial charge is 0.452 e. The number of rotatable bonds is 7. The van der Waals surface area contributed by atoms with Crippen molar-refractivity contribution in [2.75, 3.05) is 18.1 Å². The molecular formula is C23H31N3O5. The molecule has 8 heteroatoms. The molecule has 1 saturated heterocycles. The number of carbonyl (C=O) groups excluding carboxylic acids is 4. The Hall–Kier alpha value is -2.90. The molecule has 168 valence electrons. The predicted octanol–water partition coefficient (Wildman–Crippen LogP) is 2.33. The Morgan fingerprint density at radius 3 is 2.45 bits per heavy atom. The van der Waals surface area contributed by atoms with Crippen molar-refractivity contribution in [1.29, 1.82) is 0 Å². The highest BCUT2D eigenvalue weighted by Gasteiger charge is 2.62. The van der Waals surface area contributed by atoms with Crippen LogP contribution >= 0.6 is 0 Å². The standard InChI is InChI=1S/C23H31N3O5/c1-14(2)12-25-21(29)17-8-6-7-9-18(17)26-20(28)10-11-23(25,26)22(30)31-13-19(27)24-16(5)15(3)4/h6-9,14-16H,10-13H2,1-5H3,(H,24,27)/t16-,23+/m1/s1. The first kappa shape index (κ1) is 22.8. The monoisotopic (exact) mass is 429 g/mol. The SMILES string of the molecule is CC(C)CN1C(=O)c2ccccc2N2C(=O)CC[C@]12C(=O)OCC(=O)N[C@H](C)C(C)C. The highest BCUT2D eigenvalue weighted by Crippen LogP contribution is 2.45. The predicted molar refractivity (Wildman–Crippen MR) is 115 cm³/mol. The summed E-state index contributed by atoms with van der Waals surface area (Å²) in [7, 11) is 0. The minimum absolute atomic E-state index is 0.0617. The third kappa shape index (κ3) is 4.03. The lowest BCUT2D eigenvalue weighted by molar-refractivity contribution is -0.160. The molecule has 0 saturated carbocycles. The van der Waals surface area contributed by atoms with Gasteiger partial charge < -0.3 is 15.0 Å². The van der Waals surface area contributed by atoms with Gasteiger partial charge in [-0.15, -0.1) is 0 Å². The summed E-state index contributed by atoms with van der Waals surface area (Å²) >= 11 is 0. The van der Waals surface area contributed by atoms with Gasteiger partial charge in [0.25, 0.3) is 11.8 Å². The number of benzene rings is 1. The fourth-order valence-electron chi connectivity index (χ4n) is 4.07. The average Bonchev–Trinajstić information content (AvgIpc) is 3.07. The summed E-state index contributed by atoms with van der Waals surface area (Å²) in [6.07, 6.45) is 0.239. The van der Waals surface area contributed by atoms with Gasteiger partial charge in [-0.25, -0.2) is 4.79 Å². The molecule has 0 aliphatic carbocycles. The van der Waals surface area contributed by atoms with Crippen LogP contribution < -0.4 is 10.2 Å². The molecule has 2 aliphatic heterocycles. The third-order valence-electron chi connectivity index (χ3n) is 5.97. The fraction of sp³-hybridized carbons (Fsp3) is 0.565. The number of carbonyl (C=O) groups is 4. The van der Waals surface area contributed by atoms with E-state index in [2.05, 4.69) is 5.32 Å². The van der Waals surface area contributed by atoms with Crippen LogP contribution in [0.1, 0.15) is 57.8 Å². The molecule has 2 heterocycles. The Kier molecular flexibility index (Phi) is 6.38. The summed E-state index contributed by atoms with van der Waals surface area (Å²) in [6.45, 7) is 9.53. The van der Waals surface area contributed by atoms with Crippen LogP contribution in [-0.2, 0) is 19.1 Å². The Balaban J connectivity index is 1.94. The quantitative estimate of drug-likeness (QED) is 0.671. The van der Waals surface area contributed by atoms with Crippen molar-refractivity contribution in [1.82, 2.24) is 10.2 Å². The van der Waals surface area contributed by atoms with Crippen molar-refractivity contribution < 1.29 is 23.9 Å². The van der Waals surface area contributed by atoms with Crippen molar-refractivity contribution in [3.05, 3.63) is 29.8 Å². The number of hydrogen-bond acceptors (Lipinski definition) is 5. The molecule has 0 spiro atoms. The van der Waals surface area contributed by atoms with E-state index in [0.717, 1.165) is 0 Å². The van der Waals surface area contributed by atoms with Crippen LogP contribution in [-0.4, -0.2) is 53.4 Å². The first-order chi connectivity index (χ1) is 14.6. The van der Waals surface area contributed by atoms with Gasteiger partial charge in [-0.2, -0.15) is 0 Å². The summed E-state index contributed by atoms with van der Waals surface area (Å²) in [6, 6.07) is 6.72. The molecule has 1 aromatic rings. The Labute approximate surface area is 182 Å². The third-order valence-corrected chi connectivity index (χ3v) is 5.97. The number of nitrogens with one attached hydrogen (secondary N) is 1. The number of para-hydroxylation sites is 1. The molecule has 31 heavy (non-hydrogen) atoms. The number of ether oxygens (including phenoxy) is 1. The molecule has 3 rings (SSSR count). The van der Waals surface area contributed by atoms with Gasteiger partial charge in [0.05, 0.1) is 11.3 Å². The Morgan fingerprint density at radius 2 is 1.81 bits per heavy atom. The summed E-state index contributed by atoms with van der Waals surface area (Å²) in [4.78, 5) is 54.8. The van der Waals surface area contributed by atoms with E-state index < -0.39 is 24.1 Å². The van der Waals surface area contributed by atoms with Crippen LogP contribution in [0.5, 0.6) is 0 Å². The minimum Gasteiger partial charge on any atom is -0.452 e. The normalized spacial score (nSPS) is 21.3. The number of anilines is 1. The van der Waals surface area contributed by atoms with E-state index in [1.54, 1.807) is 24.3 Å². The maximum atomic E-state index is 13.4. The van der Waals surface area contributed by atoms with Gasteiger partial charge in [0.2, 0.25) is 11.6 Å². The first-order valence-electron chi connectivity index (χ1n) is 10.8. The van der Waals surface area contributed by atoms with Crippen LogP contribution in [0.2, 0.25) is 0 Å². The number of amides is 3. The van der Waals surface area contributed by atoms with Crippen molar-refractivity contribution in [3.63, 3.8) is 0 Å². The van der Waals surface area contributed by atoms with E-state index in [1.807, 2.05) is 34.6 Å². The molecule has 8 nitrogen and oxygen atoms in total. The van der Waals surface area contributed by atoms with Crippen molar-refractivity contribution in [3.8, 4) is 0 Å². The highest BCUT2D eigenvalue weighted by molar-refractivity contribution is 6.15. The van der Waals surface area contributed by atoms with Crippen molar-refractivity contribution >= 4 is 29.4 Å². The number of nitrogens with zero attached hydrogens (tertiary/aromatic N) is 2. The van der Waals surface area contributed by atoms with Crippen LogP contribution in [0.15, 0.2) is 24.3 Å². The molecule has 1 fully saturated rings. The second kappa shape index (κ2) is 8.69. The molecule has 0 unspecified atom stereocenters. The number of fused-ring (bicyclic) bond motifs is 3. The topological polar surface area (TPSA) is 96.0 Å². The summed E-state index contributed by atoms with van der Waals surface area (Å²) < 4.78 is 5.41. The summed E-state index contributed by atoms with van der Waals surface area (Å²) in [5, 5.41) is 2.79. The summed E-state index contributed by atoms with van der Waals surface area (Å²) in [5.74, 6) is -1.44. The molecule has 2 aliphatic rings. The molecule has 3 amide bonds. The first-order valence-corrected chi connectivity index (χ1v) is 10.8. The molecule has 2 atom stereocenters. The summed E-state index contributed by atoms with van der Waals surface area (Å²) in [5.41, 5.74) is -0.785. The molecule has 0 bridgehead atoms. The maximum absolute atomic E-state index is 13.4. The second-order valence-corrected chi connectivity index (χ2v) is 9.05. The molecule has 0 aromatic heterocycles. The number of hydrogen-bond donors (Lipinski definition) is 1. The van der Waals surface area contributed by atoms with Gasteiger partial charge in [0.15, 0.2) is 6.61 Å². The van der Waals surface area contributed by atoms with Crippen molar-refractivity contribution in [2.24, 2.45) is 11.8 Å². The zero-order valence-corrected chi connectivity index (χ0v) is 18.8. The van der Waals surface area contributed by atoms with Gasteiger partial charge in [-0.3, -0.25) is 19.3 Å². The number of esters is 1. The van der Waals surface area contributed by atoms with Gasteiger partial charge in [0, 0.05) is 25.4 Å². The lowest BCUT2D eigenvalue weighted by Crippen LogP contribution is -2.69. The van der Waals surface area contributed by atoms with Crippen LogP contribution in [0.25, 0.3) is 0 Å². The lowest BCUT2D eigenvalue weighted by Gasteiger charge is -2.48. The van der Waals surface area contributed by atoms with Gasteiger partial charge in [0.1, 0.15) is 0 Å². The van der Waals surface area contributed by atoms with E-state index in [4.69, 9.17) is 4.74 Å². The Morgan fingerprint density at radius 1 is 1.13 bits per heavy atom. The van der Waals surface area contributed by atoms with Crippen LogP contribution in [0, 0.1) is 11.8 Å². The zero-order chi connectivity index (χ0) is 22.9. The van der Waals surface area contributed by atoms with Crippen molar-refractivity contribution in [2.45, 2.75) is 59.2 Å². The fourth-order valence-corrected chi connectivity index (χ4v) is 4.07. The molecule has 0 radical (unpaired) electrons. The Bertz CT molecular complexity index is 897. The van der Waals surface area contributed by atoms with Crippen LogP contribution in [0.3, 0.4) is 0 Å². The molecular weight excluding hydrogens is 398 g/mol. The van der Waals surface area contributed by atoms with Gasteiger partial charge in [-0.05, 0) is 30.9 Å². The second-order valence-electron chi connectivity index (χ2n) is 9.05. The lowest BCUT2D eigenvalue weighted by atomic mass is 9.95.